The molecule has 0 amide bonds. The van der Waals surface area contributed by atoms with Gasteiger partial charge in [0.25, 0.3) is 0 Å². The standard InChI is InChI=1S/C18H17N/c1-2-19(17-10-4-3-5-11-17)18-13-12-15-8-6-7-9-16(15)14-18/h3-14H,2H2,1H3. The molecule has 3 rings (SSSR count). The normalized spacial score (nSPS) is 10.6. The fourth-order valence-electron chi connectivity index (χ4n) is 2.47. The third kappa shape index (κ3) is 2.32. The van der Waals surface area contributed by atoms with Crippen molar-refractivity contribution in [2.24, 2.45) is 0 Å². The maximum absolute atomic E-state index is 2.33. The van der Waals surface area contributed by atoms with Crippen LogP contribution in [0.3, 0.4) is 0 Å². The summed E-state index contributed by atoms with van der Waals surface area (Å²) in [7, 11) is 0. The Labute approximate surface area is 114 Å². The zero-order valence-electron chi connectivity index (χ0n) is 11.1. The second-order valence-corrected chi connectivity index (χ2v) is 4.61. The van der Waals surface area contributed by atoms with Gasteiger partial charge in [-0.2, -0.15) is 0 Å². The van der Waals surface area contributed by atoms with E-state index in [-0.39, 0.29) is 0 Å². The van der Waals surface area contributed by atoms with Crippen LogP contribution in [-0.2, 0) is 0 Å². The molecule has 0 bridgehead atoms. The van der Waals surface area contributed by atoms with Crippen molar-refractivity contribution in [3.63, 3.8) is 0 Å². The molecule has 0 atom stereocenters. The lowest BCUT2D eigenvalue weighted by Crippen LogP contribution is -2.15. The molecule has 0 unspecified atom stereocenters. The van der Waals surface area contributed by atoms with Gasteiger partial charge >= 0.3 is 0 Å². The monoisotopic (exact) mass is 247 g/mol. The zero-order valence-corrected chi connectivity index (χ0v) is 11.1. The van der Waals surface area contributed by atoms with Crippen molar-refractivity contribution >= 4 is 22.1 Å². The van der Waals surface area contributed by atoms with Crippen molar-refractivity contribution in [3.8, 4) is 0 Å². The van der Waals surface area contributed by atoms with Gasteiger partial charge in [-0.3, -0.25) is 0 Å². The van der Waals surface area contributed by atoms with E-state index in [1.165, 1.54) is 22.1 Å². The molecule has 0 fully saturated rings. The molecule has 0 saturated carbocycles. The van der Waals surface area contributed by atoms with E-state index in [0.29, 0.717) is 0 Å². The number of fused-ring (bicyclic) bond motifs is 1. The quantitative estimate of drug-likeness (QED) is 0.629. The number of nitrogens with zero attached hydrogens (tertiary/aromatic N) is 1. The lowest BCUT2D eigenvalue weighted by atomic mass is 10.1. The molecule has 19 heavy (non-hydrogen) atoms. The van der Waals surface area contributed by atoms with Crippen LogP contribution in [0.25, 0.3) is 10.8 Å². The van der Waals surface area contributed by atoms with Crippen molar-refractivity contribution in [1.29, 1.82) is 0 Å². The summed E-state index contributed by atoms with van der Waals surface area (Å²) in [4.78, 5) is 2.33. The van der Waals surface area contributed by atoms with E-state index in [1.807, 2.05) is 0 Å². The number of rotatable bonds is 3. The van der Waals surface area contributed by atoms with Crippen molar-refractivity contribution in [2.75, 3.05) is 11.4 Å². The summed E-state index contributed by atoms with van der Waals surface area (Å²) in [6.45, 7) is 3.14. The Morgan fingerprint density at radius 3 is 2.11 bits per heavy atom. The summed E-state index contributed by atoms with van der Waals surface area (Å²) in [6.07, 6.45) is 0. The molecule has 94 valence electrons. The van der Waals surface area contributed by atoms with Crippen LogP contribution in [0.5, 0.6) is 0 Å². The van der Waals surface area contributed by atoms with Gasteiger partial charge in [0.05, 0.1) is 0 Å². The highest BCUT2D eigenvalue weighted by molar-refractivity contribution is 5.86. The van der Waals surface area contributed by atoms with E-state index in [2.05, 4.69) is 84.6 Å². The van der Waals surface area contributed by atoms with Crippen LogP contribution in [0, 0.1) is 0 Å². The number of hydrogen-bond donors (Lipinski definition) is 0. The fourth-order valence-corrected chi connectivity index (χ4v) is 2.47. The van der Waals surface area contributed by atoms with Gasteiger partial charge in [-0.25, -0.2) is 0 Å². The molecule has 0 aliphatic carbocycles. The predicted molar refractivity (Wildman–Crippen MR) is 83.1 cm³/mol. The summed E-state index contributed by atoms with van der Waals surface area (Å²) in [5.74, 6) is 0. The number of anilines is 2. The Balaban J connectivity index is 2.06. The van der Waals surface area contributed by atoms with E-state index in [1.54, 1.807) is 0 Å². The Kier molecular flexibility index (Phi) is 3.20. The van der Waals surface area contributed by atoms with E-state index in [9.17, 15) is 0 Å². The molecule has 3 aromatic rings. The minimum atomic E-state index is 0.961. The van der Waals surface area contributed by atoms with Crippen molar-refractivity contribution in [2.45, 2.75) is 6.92 Å². The number of benzene rings is 3. The average molecular weight is 247 g/mol. The zero-order chi connectivity index (χ0) is 13.1. The lowest BCUT2D eigenvalue weighted by molar-refractivity contribution is 1.03. The minimum Gasteiger partial charge on any atom is -0.342 e. The van der Waals surface area contributed by atoms with Crippen molar-refractivity contribution < 1.29 is 0 Å². The van der Waals surface area contributed by atoms with E-state index in [4.69, 9.17) is 0 Å². The largest absolute Gasteiger partial charge is 0.342 e. The smallest absolute Gasteiger partial charge is 0.0417 e. The molecule has 0 heterocycles. The van der Waals surface area contributed by atoms with Gasteiger partial charge in [0.15, 0.2) is 0 Å². The first-order chi connectivity index (χ1) is 9.38. The molecule has 0 N–H and O–H groups in total. The number of hydrogen-bond acceptors (Lipinski definition) is 1. The summed E-state index contributed by atoms with van der Waals surface area (Å²) in [5.41, 5.74) is 2.48. The first-order valence-corrected chi connectivity index (χ1v) is 6.70. The van der Waals surface area contributed by atoms with Crippen LogP contribution in [0.2, 0.25) is 0 Å². The van der Waals surface area contributed by atoms with Crippen molar-refractivity contribution in [1.82, 2.24) is 0 Å². The van der Waals surface area contributed by atoms with Gasteiger partial charge in [0, 0.05) is 17.9 Å². The molecule has 0 aliphatic heterocycles. The third-order valence-electron chi connectivity index (χ3n) is 3.43. The topological polar surface area (TPSA) is 3.24 Å². The molecule has 0 aromatic heterocycles. The molecule has 0 spiro atoms. The summed E-state index contributed by atoms with van der Waals surface area (Å²) < 4.78 is 0. The van der Waals surface area contributed by atoms with E-state index in [0.717, 1.165) is 6.54 Å². The molecule has 1 nitrogen and oxygen atoms in total. The molecular formula is C18H17N. The van der Waals surface area contributed by atoms with E-state index >= 15 is 0 Å². The van der Waals surface area contributed by atoms with Crippen LogP contribution >= 0.6 is 0 Å². The Morgan fingerprint density at radius 1 is 0.684 bits per heavy atom. The van der Waals surface area contributed by atoms with Gasteiger partial charge in [-0.05, 0) is 42.0 Å². The van der Waals surface area contributed by atoms with Gasteiger partial charge in [-0.15, -0.1) is 0 Å². The molecular weight excluding hydrogens is 230 g/mol. The Morgan fingerprint density at radius 2 is 1.37 bits per heavy atom. The van der Waals surface area contributed by atoms with Crippen LogP contribution in [-0.4, -0.2) is 6.54 Å². The van der Waals surface area contributed by atoms with Crippen LogP contribution in [0.4, 0.5) is 11.4 Å². The lowest BCUT2D eigenvalue weighted by Gasteiger charge is -2.23. The highest BCUT2D eigenvalue weighted by Gasteiger charge is 2.06. The molecule has 0 saturated heterocycles. The number of para-hydroxylation sites is 1. The SMILES string of the molecule is CCN(c1ccccc1)c1ccc2ccccc2c1. The summed E-state index contributed by atoms with van der Waals surface area (Å²) in [6, 6.07) is 25.6. The van der Waals surface area contributed by atoms with Crippen LogP contribution < -0.4 is 4.90 Å². The molecule has 0 radical (unpaired) electrons. The highest BCUT2D eigenvalue weighted by Crippen LogP contribution is 2.27. The second-order valence-electron chi connectivity index (χ2n) is 4.61. The summed E-state index contributed by atoms with van der Waals surface area (Å²) in [5, 5.41) is 2.57. The maximum atomic E-state index is 2.33. The van der Waals surface area contributed by atoms with E-state index < -0.39 is 0 Å². The maximum Gasteiger partial charge on any atom is 0.0417 e. The van der Waals surface area contributed by atoms with Gasteiger partial charge in [0.1, 0.15) is 0 Å². The van der Waals surface area contributed by atoms with Gasteiger partial charge in [0.2, 0.25) is 0 Å². The summed E-state index contributed by atoms with van der Waals surface area (Å²) >= 11 is 0. The Hall–Kier alpha value is -2.28. The molecule has 1 heteroatoms. The van der Waals surface area contributed by atoms with Gasteiger partial charge in [-0.1, -0.05) is 48.5 Å². The van der Waals surface area contributed by atoms with Crippen LogP contribution in [0.1, 0.15) is 6.92 Å². The predicted octanol–water partition coefficient (Wildman–Crippen LogP) is 5.00. The molecule has 3 aromatic carbocycles. The Bertz CT molecular complexity index is 673. The minimum absolute atomic E-state index is 0.961. The van der Waals surface area contributed by atoms with Crippen LogP contribution in [0.15, 0.2) is 72.8 Å². The third-order valence-corrected chi connectivity index (χ3v) is 3.43. The molecule has 0 aliphatic rings. The fraction of sp³-hybridized carbons (Fsp3) is 0.111. The van der Waals surface area contributed by atoms with Gasteiger partial charge < -0.3 is 4.90 Å². The highest BCUT2D eigenvalue weighted by atomic mass is 15.1. The average Bonchev–Trinajstić information content (AvgIpc) is 2.49. The van der Waals surface area contributed by atoms with Crippen molar-refractivity contribution in [3.05, 3.63) is 72.8 Å². The first kappa shape index (κ1) is 11.8. The second kappa shape index (κ2) is 5.15. The first-order valence-electron chi connectivity index (χ1n) is 6.70.